The van der Waals surface area contributed by atoms with Gasteiger partial charge in [-0.15, -0.1) is 0 Å². The van der Waals surface area contributed by atoms with E-state index in [9.17, 15) is 9.18 Å². The molecule has 2 unspecified atom stereocenters. The number of thioether (sulfide) groups is 1. The lowest BCUT2D eigenvalue weighted by Gasteiger charge is -2.41. The molecule has 2 aromatic rings. The lowest BCUT2D eigenvalue weighted by Crippen LogP contribution is -2.51. The molecule has 9 heteroatoms. The van der Waals surface area contributed by atoms with Gasteiger partial charge in [-0.2, -0.15) is 11.8 Å². The average Bonchev–Trinajstić information content (AvgIpc) is 2.75. The molecule has 0 aliphatic carbocycles. The molecule has 0 spiro atoms. The van der Waals surface area contributed by atoms with Crippen molar-refractivity contribution in [2.45, 2.75) is 57.9 Å². The van der Waals surface area contributed by atoms with Gasteiger partial charge in [0.25, 0.3) is 5.97 Å². The lowest BCUT2D eigenvalue weighted by molar-refractivity contribution is -0.151. The Morgan fingerprint density at radius 3 is 2.26 bits per heavy atom. The summed E-state index contributed by atoms with van der Waals surface area (Å²) in [5.74, 6) is -0.492. The Balaban J connectivity index is 0.000000458. The Morgan fingerprint density at radius 1 is 1.20 bits per heavy atom. The summed E-state index contributed by atoms with van der Waals surface area (Å²) in [6.07, 6.45) is 0.820. The zero-order chi connectivity index (χ0) is 26.6. The third-order valence-corrected chi connectivity index (χ3v) is 6.66. The number of carbonyl (C=O) groups excluding carboxylic acids is 1. The molecule has 35 heavy (non-hydrogen) atoms. The fourth-order valence-corrected chi connectivity index (χ4v) is 4.60. The Bertz CT molecular complexity index is 937. The molecule has 2 aromatic carbocycles. The van der Waals surface area contributed by atoms with Gasteiger partial charge in [0.1, 0.15) is 12.4 Å². The van der Waals surface area contributed by atoms with Gasteiger partial charge in [-0.3, -0.25) is 9.59 Å². The van der Waals surface area contributed by atoms with Crippen molar-refractivity contribution < 1.29 is 23.8 Å². The van der Waals surface area contributed by atoms with Gasteiger partial charge in [-0.05, 0) is 30.7 Å². The van der Waals surface area contributed by atoms with Crippen LogP contribution in [0.1, 0.15) is 52.6 Å². The Hall–Kier alpha value is -1.80. The van der Waals surface area contributed by atoms with Crippen LogP contribution in [0.3, 0.4) is 0 Å². The van der Waals surface area contributed by atoms with Crippen LogP contribution >= 0.6 is 35.0 Å². The number of amides is 1. The van der Waals surface area contributed by atoms with Gasteiger partial charge in [0.15, 0.2) is 0 Å². The normalized spacial score (nSPS) is 16.4. The molecule has 194 valence electrons. The highest BCUT2D eigenvalue weighted by Crippen LogP contribution is 2.33. The van der Waals surface area contributed by atoms with Crippen molar-refractivity contribution in [2.24, 2.45) is 0 Å². The summed E-state index contributed by atoms with van der Waals surface area (Å²) in [5, 5.41) is 8.56. The van der Waals surface area contributed by atoms with Crippen LogP contribution in [0.15, 0.2) is 48.5 Å². The monoisotopic (exact) mass is 545 g/mol. The molecular weight excluding hydrogens is 512 g/mol. The number of carbonyl (C=O) groups is 2. The Morgan fingerprint density at radius 2 is 1.80 bits per heavy atom. The number of carboxylic acids is 1. The summed E-state index contributed by atoms with van der Waals surface area (Å²) in [6, 6.07) is 13.7. The van der Waals surface area contributed by atoms with Crippen molar-refractivity contribution in [3.05, 3.63) is 70.0 Å². The summed E-state index contributed by atoms with van der Waals surface area (Å²) in [5.41, 5.74) is 0.464. The predicted molar refractivity (Wildman–Crippen MR) is 143 cm³/mol. The zero-order valence-corrected chi connectivity index (χ0v) is 23.1. The third kappa shape index (κ3) is 12.1. The van der Waals surface area contributed by atoms with Crippen molar-refractivity contribution in [3.8, 4) is 0 Å². The average molecular weight is 547 g/mol. The maximum Gasteiger partial charge on any atom is 0.300 e. The summed E-state index contributed by atoms with van der Waals surface area (Å²) < 4.78 is 19.9. The van der Waals surface area contributed by atoms with E-state index >= 15 is 0 Å². The standard InChI is InChI=1S/C18H25ClFNO2S.C6H5Cl.C2H4O2/c1-5-13(11-24-18(2,3)4)21-16(9-23-10-17(21)22)14-7-6-12(19)8-15(14)20;7-6-4-2-1-3-5-6;1-2(3)4/h6-8,13,16H,5,9-11H2,1-4H3;1-5H;1H3,(H,3,4). The highest BCUT2D eigenvalue weighted by Gasteiger charge is 2.36. The first-order valence-corrected chi connectivity index (χ1v) is 13.0. The largest absolute Gasteiger partial charge is 0.481 e. The maximum atomic E-state index is 14.4. The van der Waals surface area contributed by atoms with Crippen LogP contribution < -0.4 is 0 Å². The fourth-order valence-electron chi connectivity index (χ4n) is 3.21. The van der Waals surface area contributed by atoms with E-state index in [1.54, 1.807) is 12.1 Å². The molecule has 0 aromatic heterocycles. The minimum atomic E-state index is -0.833. The molecule has 0 bridgehead atoms. The molecule has 1 saturated heterocycles. The van der Waals surface area contributed by atoms with E-state index in [1.165, 1.54) is 6.07 Å². The SMILES string of the molecule is CC(=O)O.CCC(CSC(C)(C)C)N1C(=O)COCC1c1ccc(Cl)cc1F.Clc1ccccc1. The number of nitrogens with zero attached hydrogens (tertiary/aromatic N) is 1. The molecular formula is C26H34Cl2FNO4S. The minimum Gasteiger partial charge on any atom is -0.481 e. The first kappa shape index (κ1) is 31.2. The topological polar surface area (TPSA) is 66.8 Å². The lowest BCUT2D eigenvalue weighted by atomic mass is 10.0. The smallest absolute Gasteiger partial charge is 0.300 e. The van der Waals surface area contributed by atoms with Gasteiger partial charge in [0.05, 0.1) is 12.6 Å². The number of benzene rings is 2. The van der Waals surface area contributed by atoms with Crippen LogP contribution in [0, 0.1) is 5.82 Å². The van der Waals surface area contributed by atoms with Crippen LogP contribution in [-0.2, 0) is 14.3 Å². The molecule has 1 aliphatic heterocycles. The first-order valence-electron chi connectivity index (χ1n) is 11.2. The van der Waals surface area contributed by atoms with E-state index < -0.39 is 17.8 Å². The maximum absolute atomic E-state index is 14.4. The van der Waals surface area contributed by atoms with Crippen molar-refractivity contribution in [1.82, 2.24) is 4.90 Å². The molecule has 1 fully saturated rings. The van der Waals surface area contributed by atoms with Gasteiger partial charge in [-0.25, -0.2) is 4.39 Å². The van der Waals surface area contributed by atoms with Crippen LogP contribution in [0.4, 0.5) is 4.39 Å². The van der Waals surface area contributed by atoms with Crippen LogP contribution in [0.5, 0.6) is 0 Å². The van der Waals surface area contributed by atoms with Crippen molar-refractivity contribution in [1.29, 1.82) is 0 Å². The van der Waals surface area contributed by atoms with Gasteiger partial charge in [-0.1, -0.05) is 75.2 Å². The quantitative estimate of drug-likeness (QED) is 0.433. The highest BCUT2D eigenvalue weighted by atomic mass is 35.5. The first-order chi connectivity index (χ1) is 16.4. The third-order valence-electron chi connectivity index (χ3n) is 4.75. The van der Waals surface area contributed by atoms with Crippen molar-refractivity contribution >= 4 is 46.8 Å². The van der Waals surface area contributed by atoms with Crippen LogP contribution in [-0.4, -0.2) is 51.6 Å². The summed E-state index contributed by atoms with van der Waals surface area (Å²) in [6.45, 7) is 9.97. The number of rotatable bonds is 5. The van der Waals surface area contributed by atoms with Gasteiger partial charge >= 0.3 is 0 Å². The van der Waals surface area contributed by atoms with Crippen LogP contribution in [0.25, 0.3) is 0 Å². The molecule has 1 amide bonds. The van der Waals surface area contributed by atoms with Gasteiger partial charge in [0, 0.05) is 39.1 Å². The highest BCUT2D eigenvalue weighted by molar-refractivity contribution is 8.00. The molecule has 0 radical (unpaired) electrons. The van der Waals surface area contributed by atoms with Gasteiger partial charge in [0.2, 0.25) is 5.91 Å². The zero-order valence-electron chi connectivity index (χ0n) is 20.8. The Labute approximate surface area is 221 Å². The van der Waals surface area contributed by atoms with E-state index in [-0.39, 0.29) is 23.3 Å². The van der Waals surface area contributed by atoms with Gasteiger partial charge < -0.3 is 14.7 Å². The van der Waals surface area contributed by atoms with E-state index in [0.717, 1.165) is 24.1 Å². The number of hydrogen-bond acceptors (Lipinski definition) is 4. The van der Waals surface area contributed by atoms with E-state index in [1.807, 2.05) is 47.0 Å². The molecule has 5 nitrogen and oxygen atoms in total. The molecule has 2 atom stereocenters. The second-order valence-corrected chi connectivity index (χ2v) is 11.5. The number of aliphatic carboxylic acids is 1. The van der Waals surface area contributed by atoms with E-state index in [4.69, 9.17) is 37.8 Å². The molecule has 1 heterocycles. The number of carboxylic acid groups (broad SMARTS) is 1. The van der Waals surface area contributed by atoms with Crippen molar-refractivity contribution in [3.63, 3.8) is 0 Å². The number of ether oxygens (including phenoxy) is 1. The number of morpholine rings is 1. The summed E-state index contributed by atoms with van der Waals surface area (Å²) in [7, 11) is 0. The molecule has 1 N–H and O–H groups in total. The summed E-state index contributed by atoms with van der Waals surface area (Å²) >= 11 is 13.2. The molecule has 0 saturated carbocycles. The van der Waals surface area contributed by atoms with E-state index in [2.05, 4.69) is 27.7 Å². The molecule has 1 aliphatic rings. The minimum absolute atomic E-state index is 0.0469. The number of hydrogen-bond donors (Lipinski definition) is 1. The second kappa shape index (κ2) is 15.3. The van der Waals surface area contributed by atoms with Crippen LogP contribution in [0.2, 0.25) is 10.0 Å². The Kier molecular flexibility index (Phi) is 13.7. The number of halogens is 3. The summed E-state index contributed by atoms with van der Waals surface area (Å²) in [4.78, 5) is 23.3. The molecule has 3 rings (SSSR count). The van der Waals surface area contributed by atoms with Crippen molar-refractivity contribution in [2.75, 3.05) is 19.0 Å². The van der Waals surface area contributed by atoms with E-state index in [0.29, 0.717) is 17.2 Å². The second-order valence-electron chi connectivity index (χ2n) is 8.80. The fraction of sp³-hybridized carbons (Fsp3) is 0.462. The predicted octanol–water partition coefficient (Wildman–Crippen LogP) is 7.12.